The maximum atomic E-state index is 11.9. The molecule has 0 spiro atoms. The van der Waals surface area contributed by atoms with Crippen molar-refractivity contribution in [3.05, 3.63) is 41.9 Å². The van der Waals surface area contributed by atoms with Crippen LogP contribution in [0.1, 0.15) is 12.8 Å². The Morgan fingerprint density at radius 3 is 2.57 bits per heavy atom. The topological polar surface area (TPSA) is 57.6 Å². The summed E-state index contributed by atoms with van der Waals surface area (Å²) < 4.78 is 0. The van der Waals surface area contributed by atoms with Crippen LogP contribution in [0.2, 0.25) is 5.02 Å². The highest BCUT2D eigenvalue weighted by molar-refractivity contribution is 7.99. The van der Waals surface area contributed by atoms with Gasteiger partial charge < -0.3 is 10.0 Å². The molecule has 1 N–H and O–H groups in total. The van der Waals surface area contributed by atoms with Gasteiger partial charge in [0, 0.05) is 22.9 Å². The molecule has 0 aromatic heterocycles. The lowest BCUT2D eigenvalue weighted by molar-refractivity contribution is -0.144. The summed E-state index contributed by atoms with van der Waals surface area (Å²) in [6, 6.07) is 7.52. The summed E-state index contributed by atoms with van der Waals surface area (Å²) in [5.74, 6) is -0.378. The number of carbonyl (C=O) groups excluding carboxylic acids is 1. The summed E-state index contributed by atoms with van der Waals surface area (Å²) in [6.45, 7) is 3.51. The molecule has 1 aromatic rings. The molecule has 1 aromatic carbocycles. The second-order valence-corrected chi connectivity index (χ2v) is 5.97. The number of amides is 1. The van der Waals surface area contributed by atoms with Crippen molar-refractivity contribution in [3.63, 3.8) is 0 Å². The first-order valence-corrected chi connectivity index (χ1v) is 7.88. The number of nitrogens with zero attached hydrogens (tertiary/aromatic N) is 1. The Kier molecular flexibility index (Phi) is 7.93. The van der Waals surface area contributed by atoms with E-state index < -0.39 is 5.97 Å². The van der Waals surface area contributed by atoms with Gasteiger partial charge in [-0.15, -0.1) is 18.3 Å². The molecular weight excluding hydrogens is 310 g/mol. The van der Waals surface area contributed by atoms with Gasteiger partial charge in [-0.3, -0.25) is 9.59 Å². The first-order chi connectivity index (χ1) is 10.0. The fourth-order valence-electron chi connectivity index (χ4n) is 1.68. The molecule has 0 unspecified atom stereocenters. The number of thioether (sulfide) groups is 1. The van der Waals surface area contributed by atoms with Gasteiger partial charge in [0.25, 0.3) is 0 Å². The van der Waals surface area contributed by atoms with Crippen LogP contribution in [0.3, 0.4) is 0 Å². The Hall–Kier alpha value is -1.46. The third kappa shape index (κ3) is 7.20. The predicted octanol–water partition coefficient (Wildman–Crippen LogP) is 3.31. The van der Waals surface area contributed by atoms with Crippen LogP contribution in [0.15, 0.2) is 41.8 Å². The molecule has 0 aliphatic carbocycles. The normalized spacial score (nSPS) is 10.1. The highest BCUT2D eigenvalue weighted by atomic mass is 35.5. The maximum absolute atomic E-state index is 11.9. The number of halogens is 1. The highest BCUT2D eigenvalue weighted by Gasteiger charge is 2.14. The van der Waals surface area contributed by atoms with Crippen LogP contribution in [0.4, 0.5) is 0 Å². The van der Waals surface area contributed by atoms with E-state index in [9.17, 15) is 9.59 Å². The third-order valence-corrected chi connectivity index (χ3v) is 4.00. The number of carboxylic acid groups (broad SMARTS) is 1. The predicted molar refractivity (Wildman–Crippen MR) is 85.8 cm³/mol. The molecule has 0 saturated heterocycles. The average Bonchev–Trinajstić information content (AvgIpc) is 2.44. The van der Waals surface area contributed by atoms with Gasteiger partial charge in [-0.05, 0) is 36.4 Å². The van der Waals surface area contributed by atoms with Crippen LogP contribution in [-0.4, -0.2) is 40.7 Å². The average molecular weight is 328 g/mol. The smallest absolute Gasteiger partial charge is 0.323 e. The molecule has 1 amide bonds. The van der Waals surface area contributed by atoms with E-state index in [-0.39, 0.29) is 19.0 Å². The maximum Gasteiger partial charge on any atom is 0.323 e. The van der Waals surface area contributed by atoms with Crippen molar-refractivity contribution in [1.82, 2.24) is 4.90 Å². The molecule has 0 saturated carbocycles. The van der Waals surface area contributed by atoms with Gasteiger partial charge in [0.2, 0.25) is 5.91 Å². The van der Waals surface area contributed by atoms with Crippen molar-refractivity contribution in [3.8, 4) is 0 Å². The quantitative estimate of drug-likeness (QED) is 0.429. The molecule has 0 atom stereocenters. The Balaban J connectivity index is 2.32. The Labute approximate surface area is 133 Å². The molecule has 0 aliphatic heterocycles. The van der Waals surface area contributed by atoms with E-state index in [1.807, 2.05) is 24.3 Å². The van der Waals surface area contributed by atoms with E-state index in [0.717, 1.165) is 10.6 Å². The van der Waals surface area contributed by atoms with Crippen molar-refractivity contribution < 1.29 is 14.7 Å². The van der Waals surface area contributed by atoms with Gasteiger partial charge >= 0.3 is 5.97 Å². The number of hydrogen-bond donors (Lipinski definition) is 1. The second kappa shape index (κ2) is 9.47. The van der Waals surface area contributed by atoms with Crippen LogP contribution in [-0.2, 0) is 9.59 Å². The monoisotopic (exact) mass is 327 g/mol. The lowest BCUT2D eigenvalue weighted by Crippen LogP contribution is -2.35. The molecule has 0 heterocycles. The molecule has 0 bridgehead atoms. The van der Waals surface area contributed by atoms with Gasteiger partial charge in [-0.1, -0.05) is 17.7 Å². The molecule has 114 valence electrons. The Morgan fingerprint density at radius 1 is 1.33 bits per heavy atom. The van der Waals surface area contributed by atoms with Crippen LogP contribution in [0.5, 0.6) is 0 Å². The van der Waals surface area contributed by atoms with Crippen LogP contribution in [0, 0.1) is 0 Å². The number of hydrogen-bond acceptors (Lipinski definition) is 3. The molecule has 4 nitrogen and oxygen atoms in total. The summed E-state index contributed by atoms with van der Waals surface area (Å²) in [5.41, 5.74) is 0. The zero-order valence-electron chi connectivity index (χ0n) is 11.6. The fraction of sp³-hybridized carbons (Fsp3) is 0.333. The number of carboxylic acids is 1. The second-order valence-electron chi connectivity index (χ2n) is 4.36. The number of benzene rings is 1. The van der Waals surface area contributed by atoms with Crippen LogP contribution < -0.4 is 0 Å². The molecule has 0 fully saturated rings. The van der Waals surface area contributed by atoms with Gasteiger partial charge in [-0.25, -0.2) is 0 Å². The van der Waals surface area contributed by atoms with Crippen molar-refractivity contribution in [2.24, 2.45) is 0 Å². The largest absolute Gasteiger partial charge is 0.480 e. The van der Waals surface area contributed by atoms with Gasteiger partial charge in [0.1, 0.15) is 6.54 Å². The minimum atomic E-state index is -1.01. The fourth-order valence-corrected chi connectivity index (χ4v) is 2.65. The SMILES string of the molecule is C=CCN(CC(=O)O)C(=O)CCCSc1ccc(Cl)cc1. The number of carbonyl (C=O) groups is 2. The molecule has 0 aliphatic rings. The molecule has 1 rings (SSSR count). The van der Waals surface area contributed by atoms with Gasteiger partial charge in [0.15, 0.2) is 0 Å². The molecule has 0 radical (unpaired) electrons. The van der Waals surface area contributed by atoms with Crippen molar-refractivity contribution in [1.29, 1.82) is 0 Å². The summed E-state index contributed by atoms with van der Waals surface area (Å²) >= 11 is 7.45. The van der Waals surface area contributed by atoms with Crippen molar-refractivity contribution in [2.45, 2.75) is 17.7 Å². The minimum absolute atomic E-state index is 0.158. The van der Waals surface area contributed by atoms with Crippen LogP contribution >= 0.6 is 23.4 Å². The van der Waals surface area contributed by atoms with Crippen molar-refractivity contribution in [2.75, 3.05) is 18.8 Å². The molecule has 6 heteroatoms. The van der Waals surface area contributed by atoms with E-state index in [1.54, 1.807) is 11.8 Å². The zero-order chi connectivity index (χ0) is 15.7. The lowest BCUT2D eigenvalue weighted by Gasteiger charge is -2.18. The zero-order valence-corrected chi connectivity index (χ0v) is 13.2. The van der Waals surface area contributed by atoms with Gasteiger partial charge in [-0.2, -0.15) is 0 Å². The van der Waals surface area contributed by atoms with E-state index in [4.69, 9.17) is 16.7 Å². The van der Waals surface area contributed by atoms with E-state index >= 15 is 0 Å². The third-order valence-electron chi connectivity index (χ3n) is 2.65. The van der Waals surface area contributed by atoms with E-state index in [1.165, 1.54) is 11.0 Å². The van der Waals surface area contributed by atoms with Gasteiger partial charge in [0.05, 0.1) is 0 Å². The Morgan fingerprint density at radius 2 is 2.00 bits per heavy atom. The number of aliphatic carboxylic acids is 1. The first-order valence-electron chi connectivity index (χ1n) is 6.51. The molecule has 21 heavy (non-hydrogen) atoms. The summed E-state index contributed by atoms with van der Waals surface area (Å²) in [7, 11) is 0. The Bertz CT molecular complexity index is 490. The first kappa shape index (κ1) is 17.6. The highest BCUT2D eigenvalue weighted by Crippen LogP contribution is 2.21. The van der Waals surface area contributed by atoms with E-state index in [0.29, 0.717) is 17.9 Å². The lowest BCUT2D eigenvalue weighted by atomic mass is 10.3. The van der Waals surface area contributed by atoms with Crippen molar-refractivity contribution >= 4 is 35.2 Å². The number of rotatable bonds is 9. The van der Waals surface area contributed by atoms with E-state index in [2.05, 4.69) is 6.58 Å². The standard InChI is InChI=1S/C15H18ClNO3S/c1-2-9-17(11-15(19)20)14(18)4-3-10-21-13-7-5-12(16)6-8-13/h2,5-8H,1,3-4,9-11H2,(H,19,20). The minimum Gasteiger partial charge on any atom is -0.480 e. The summed E-state index contributed by atoms with van der Waals surface area (Å²) in [4.78, 5) is 25.0. The van der Waals surface area contributed by atoms with Crippen LogP contribution in [0.25, 0.3) is 0 Å². The summed E-state index contributed by atoms with van der Waals surface area (Å²) in [5, 5.41) is 9.46. The molecular formula is C15H18ClNO3S. The summed E-state index contributed by atoms with van der Waals surface area (Å²) in [6.07, 6.45) is 2.56.